The maximum absolute atomic E-state index is 4.59. The molecule has 4 heterocycles. The first-order valence-corrected chi connectivity index (χ1v) is 9.21. The van der Waals surface area contributed by atoms with E-state index in [-0.39, 0.29) is 0 Å². The number of hydrogen-bond donors (Lipinski definition) is 0. The van der Waals surface area contributed by atoms with Crippen LogP contribution in [-0.4, -0.2) is 47.4 Å². The molecule has 0 atom stereocenters. The van der Waals surface area contributed by atoms with Crippen molar-refractivity contribution in [3.05, 3.63) is 41.9 Å². The molecule has 1 aliphatic carbocycles. The molecular formula is C18H23N7. The third-order valence-corrected chi connectivity index (χ3v) is 5.43. The van der Waals surface area contributed by atoms with E-state index in [2.05, 4.69) is 35.9 Å². The Morgan fingerprint density at radius 3 is 2.72 bits per heavy atom. The zero-order valence-electron chi connectivity index (χ0n) is 14.5. The number of rotatable bonds is 4. The van der Waals surface area contributed by atoms with Gasteiger partial charge in [0.25, 0.3) is 0 Å². The van der Waals surface area contributed by atoms with E-state index in [1.165, 1.54) is 18.7 Å². The van der Waals surface area contributed by atoms with Gasteiger partial charge in [-0.3, -0.25) is 4.90 Å². The maximum atomic E-state index is 4.59. The number of likely N-dealkylation sites (tertiary alicyclic amines) is 1. The van der Waals surface area contributed by atoms with E-state index in [0.717, 1.165) is 49.6 Å². The molecule has 7 nitrogen and oxygen atoms in total. The minimum atomic E-state index is 0.434. The quantitative estimate of drug-likeness (QED) is 0.731. The van der Waals surface area contributed by atoms with Crippen LogP contribution in [0.1, 0.15) is 55.0 Å². The van der Waals surface area contributed by atoms with Gasteiger partial charge in [-0.05, 0) is 57.8 Å². The summed E-state index contributed by atoms with van der Waals surface area (Å²) in [4.78, 5) is 7.09. The normalized spacial score (nSPS) is 19.7. The van der Waals surface area contributed by atoms with Crippen LogP contribution in [0.15, 0.2) is 24.5 Å². The van der Waals surface area contributed by atoms with Crippen LogP contribution in [0.4, 0.5) is 0 Å². The van der Waals surface area contributed by atoms with E-state index in [0.29, 0.717) is 12.0 Å². The first-order valence-electron chi connectivity index (χ1n) is 9.21. The van der Waals surface area contributed by atoms with Gasteiger partial charge in [0.1, 0.15) is 5.82 Å². The highest BCUT2D eigenvalue weighted by atomic mass is 15.4. The third-order valence-electron chi connectivity index (χ3n) is 5.43. The summed E-state index contributed by atoms with van der Waals surface area (Å²) in [6.07, 6.45) is 8.88. The first-order chi connectivity index (χ1) is 12.3. The molecule has 0 N–H and O–H groups in total. The van der Waals surface area contributed by atoms with Gasteiger partial charge in [0, 0.05) is 24.4 Å². The second-order valence-electron chi connectivity index (χ2n) is 7.34. The summed E-state index contributed by atoms with van der Waals surface area (Å²) in [5.74, 6) is 2.66. The second kappa shape index (κ2) is 5.91. The van der Waals surface area contributed by atoms with Gasteiger partial charge in [0.05, 0.1) is 12.2 Å². The van der Waals surface area contributed by atoms with E-state index in [4.69, 9.17) is 0 Å². The minimum Gasteiger partial charge on any atom is -0.331 e. The zero-order valence-corrected chi connectivity index (χ0v) is 14.5. The largest absolute Gasteiger partial charge is 0.331 e. The van der Waals surface area contributed by atoms with E-state index < -0.39 is 0 Å². The lowest BCUT2D eigenvalue weighted by atomic mass is 9.96. The second-order valence-corrected chi connectivity index (χ2v) is 7.34. The molecule has 0 aromatic carbocycles. The molecule has 7 heteroatoms. The van der Waals surface area contributed by atoms with Crippen LogP contribution in [0.5, 0.6) is 0 Å². The molecule has 0 amide bonds. The molecule has 3 aromatic heterocycles. The van der Waals surface area contributed by atoms with Gasteiger partial charge in [0.15, 0.2) is 11.5 Å². The summed E-state index contributed by atoms with van der Waals surface area (Å²) in [6, 6.07) is 4.68. The van der Waals surface area contributed by atoms with Crippen molar-refractivity contribution in [2.45, 2.75) is 51.1 Å². The zero-order chi connectivity index (χ0) is 16.8. The number of nitrogens with zero attached hydrogens (tertiary/aromatic N) is 7. The van der Waals surface area contributed by atoms with Gasteiger partial charge in [-0.15, -0.1) is 10.2 Å². The molecule has 2 aliphatic rings. The minimum absolute atomic E-state index is 0.434. The van der Waals surface area contributed by atoms with Crippen LogP contribution in [0.25, 0.3) is 5.65 Å². The Morgan fingerprint density at radius 1 is 1.08 bits per heavy atom. The van der Waals surface area contributed by atoms with Crippen molar-refractivity contribution in [2.75, 3.05) is 13.1 Å². The molecule has 25 heavy (non-hydrogen) atoms. The van der Waals surface area contributed by atoms with Crippen LogP contribution in [0.3, 0.4) is 0 Å². The summed E-state index contributed by atoms with van der Waals surface area (Å²) in [6.45, 7) is 5.10. The van der Waals surface area contributed by atoms with Gasteiger partial charge < -0.3 is 4.57 Å². The van der Waals surface area contributed by atoms with Crippen LogP contribution >= 0.6 is 0 Å². The lowest BCUT2D eigenvalue weighted by Gasteiger charge is -2.30. The van der Waals surface area contributed by atoms with Crippen molar-refractivity contribution in [3.63, 3.8) is 0 Å². The van der Waals surface area contributed by atoms with Crippen molar-refractivity contribution in [2.24, 2.45) is 0 Å². The van der Waals surface area contributed by atoms with Crippen LogP contribution in [-0.2, 0) is 6.54 Å². The highest BCUT2D eigenvalue weighted by Crippen LogP contribution is 2.36. The van der Waals surface area contributed by atoms with Crippen molar-refractivity contribution in [3.8, 4) is 0 Å². The number of fused-ring (bicyclic) bond motifs is 1. The van der Waals surface area contributed by atoms with Gasteiger partial charge in [-0.2, -0.15) is 9.61 Å². The molecule has 1 saturated heterocycles. The summed E-state index contributed by atoms with van der Waals surface area (Å²) in [5.41, 5.74) is 1.84. The molecule has 1 saturated carbocycles. The van der Waals surface area contributed by atoms with Crippen LogP contribution in [0.2, 0.25) is 0 Å². The van der Waals surface area contributed by atoms with Crippen LogP contribution < -0.4 is 0 Å². The van der Waals surface area contributed by atoms with Gasteiger partial charge >= 0.3 is 0 Å². The first kappa shape index (κ1) is 15.0. The molecule has 0 spiro atoms. The van der Waals surface area contributed by atoms with E-state index in [1.54, 1.807) is 0 Å². The lowest BCUT2D eigenvalue weighted by molar-refractivity contribution is 0.194. The van der Waals surface area contributed by atoms with E-state index in [1.807, 2.05) is 29.8 Å². The lowest BCUT2D eigenvalue weighted by Crippen LogP contribution is -2.34. The van der Waals surface area contributed by atoms with Gasteiger partial charge in [0.2, 0.25) is 0 Å². The standard InChI is InChI=1S/C18H23N7/c1-13-2-5-16-20-21-18(25(16)22-13)14-6-9-23(10-7-14)12-17-19-8-11-24(17)15-3-4-15/h2,5,8,11,14-15H,3-4,6-7,9-10,12H2,1H3. The molecule has 1 aliphatic heterocycles. The SMILES string of the molecule is Cc1ccc2nnc(C3CCN(Cc4nccn4C4CC4)CC3)n2n1. The predicted octanol–water partition coefficient (Wildman–Crippen LogP) is 2.34. The van der Waals surface area contributed by atoms with Crippen molar-refractivity contribution in [1.29, 1.82) is 0 Å². The highest BCUT2D eigenvalue weighted by molar-refractivity contribution is 5.36. The number of aryl methyl sites for hydroxylation is 1. The molecule has 130 valence electrons. The Morgan fingerprint density at radius 2 is 1.92 bits per heavy atom. The van der Waals surface area contributed by atoms with Crippen molar-refractivity contribution < 1.29 is 0 Å². The third kappa shape index (κ3) is 2.82. The molecule has 2 fully saturated rings. The fraction of sp³-hybridized carbons (Fsp3) is 0.556. The van der Waals surface area contributed by atoms with Gasteiger partial charge in [-0.25, -0.2) is 4.98 Å². The van der Waals surface area contributed by atoms with E-state index >= 15 is 0 Å². The Bertz CT molecular complexity index is 884. The van der Waals surface area contributed by atoms with Crippen LogP contribution in [0, 0.1) is 6.92 Å². The smallest absolute Gasteiger partial charge is 0.177 e. The molecular weight excluding hydrogens is 314 g/mol. The summed E-state index contributed by atoms with van der Waals surface area (Å²) in [7, 11) is 0. The summed E-state index contributed by atoms with van der Waals surface area (Å²) < 4.78 is 4.29. The average molecular weight is 337 g/mol. The monoisotopic (exact) mass is 337 g/mol. The van der Waals surface area contributed by atoms with E-state index in [9.17, 15) is 0 Å². The van der Waals surface area contributed by atoms with Crippen molar-refractivity contribution >= 4 is 5.65 Å². The number of imidazole rings is 1. The predicted molar refractivity (Wildman–Crippen MR) is 93.3 cm³/mol. The molecule has 0 bridgehead atoms. The summed E-state index contributed by atoms with van der Waals surface area (Å²) in [5, 5.41) is 13.3. The molecule has 0 radical (unpaired) electrons. The average Bonchev–Trinajstić information content (AvgIpc) is 3.22. The summed E-state index contributed by atoms with van der Waals surface area (Å²) >= 11 is 0. The Balaban J connectivity index is 1.27. The number of hydrogen-bond acceptors (Lipinski definition) is 5. The Hall–Kier alpha value is -2.28. The molecule has 5 rings (SSSR count). The maximum Gasteiger partial charge on any atom is 0.177 e. The number of aromatic nitrogens is 6. The Labute approximate surface area is 146 Å². The fourth-order valence-electron chi connectivity index (χ4n) is 3.85. The number of piperidine rings is 1. The Kier molecular flexibility index (Phi) is 3.55. The molecule has 0 unspecified atom stereocenters. The molecule has 3 aromatic rings. The van der Waals surface area contributed by atoms with Crippen molar-refractivity contribution in [1.82, 2.24) is 34.3 Å². The fourth-order valence-corrected chi connectivity index (χ4v) is 3.85. The van der Waals surface area contributed by atoms with Gasteiger partial charge in [-0.1, -0.05) is 0 Å². The highest BCUT2D eigenvalue weighted by Gasteiger charge is 2.28. The topological polar surface area (TPSA) is 64.1 Å².